The Labute approximate surface area is 126 Å². The Hall–Kier alpha value is -3.09. The minimum absolute atomic E-state index is 0.101. The van der Waals surface area contributed by atoms with Gasteiger partial charge in [-0.2, -0.15) is 0 Å². The van der Waals surface area contributed by atoms with Crippen LogP contribution in [0.3, 0.4) is 0 Å². The summed E-state index contributed by atoms with van der Waals surface area (Å²) in [6, 6.07) is 12.6. The van der Waals surface area contributed by atoms with Gasteiger partial charge in [0.15, 0.2) is 5.75 Å². The van der Waals surface area contributed by atoms with E-state index in [4.69, 9.17) is 4.74 Å². The van der Waals surface area contributed by atoms with Crippen molar-refractivity contribution in [3.8, 4) is 11.5 Å². The maximum atomic E-state index is 11.9. The number of amides is 1. The summed E-state index contributed by atoms with van der Waals surface area (Å²) in [7, 11) is 0. The van der Waals surface area contributed by atoms with Gasteiger partial charge < -0.3 is 15.2 Å². The van der Waals surface area contributed by atoms with Gasteiger partial charge >= 0.3 is 5.69 Å². The molecule has 0 aliphatic heterocycles. The molecule has 7 heteroatoms. The van der Waals surface area contributed by atoms with Gasteiger partial charge in [-0.15, -0.1) is 0 Å². The lowest BCUT2D eigenvalue weighted by molar-refractivity contribution is -0.385. The number of nitrogens with zero attached hydrogens (tertiary/aromatic N) is 1. The van der Waals surface area contributed by atoms with E-state index in [0.717, 1.165) is 12.1 Å². The highest BCUT2D eigenvalue weighted by atomic mass is 16.6. The predicted octanol–water partition coefficient (Wildman–Crippen LogP) is 2.11. The molecule has 0 saturated carbocycles. The second-order valence-electron chi connectivity index (χ2n) is 4.38. The van der Waals surface area contributed by atoms with Crippen LogP contribution in [0.4, 0.5) is 5.69 Å². The Balaban J connectivity index is 1.87. The van der Waals surface area contributed by atoms with Crippen molar-refractivity contribution in [1.82, 2.24) is 5.32 Å². The van der Waals surface area contributed by atoms with Crippen LogP contribution in [0.2, 0.25) is 0 Å². The van der Waals surface area contributed by atoms with Crippen molar-refractivity contribution >= 4 is 11.6 Å². The number of hydrogen-bond acceptors (Lipinski definition) is 5. The van der Waals surface area contributed by atoms with Gasteiger partial charge in [0.1, 0.15) is 12.4 Å². The van der Waals surface area contributed by atoms with Crippen LogP contribution in [0, 0.1) is 10.1 Å². The summed E-state index contributed by atoms with van der Waals surface area (Å²) >= 11 is 0. The summed E-state index contributed by atoms with van der Waals surface area (Å²) in [5, 5.41) is 22.6. The highest BCUT2D eigenvalue weighted by Crippen LogP contribution is 2.26. The van der Waals surface area contributed by atoms with Crippen LogP contribution in [0.25, 0.3) is 0 Å². The number of carbonyl (C=O) groups is 1. The highest BCUT2D eigenvalue weighted by Gasteiger charge is 2.16. The second-order valence-corrected chi connectivity index (χ2v) is 4.38. The molecule has 22 heavy (non-hydrogen) atoms. The van der Waals surface area contributed by atoms with Crippen molar-refractivity contribution in [1.29, 1.82) is 0 Å². The molecule has 0 aromatic heterocycles. The molecule has 1 amide bonds. The number of para-hydroxylation sites is 1. The average Bonchev–Trinajstić information content (AvgIpc) is 2.52. The van der Waals surface area contributed by atoms with Crippen molar-refractivity contribution in [2.75, 3.05) is 13.2 Å². The van der Waals surface area contributed by atoms with Crippen molar-refractivity contribution in [3.05, 3.63) is 64.2 Å². The first kappa shape index (κ1) is 15.3. The molecule has 0 spiro atoms. The minimum atomic E-state index is -0.745. The molecule has 2 aromatic carbocycles. The largest absolute Gasteiger partial charge is 0.502 e. The van der Waals surface area contributed by atoms with Crippen molar-refractivity contribution in [3.63, 3.8) is 0 Å². The van der Waals surface area contributed by atoms with Gasteiger partial charge in [0.05, 0.1) is 11.5 Å². The van der Waals surface area contributed by atoms with Gasteiger partial charge in [0, 0.05) is 11.6 Å². The highest BCUT2D eigenvalue weighted by molar-refractivity contribution is 5.95. The molecule has 0 aliphatic carbocycles. The Morgan fingerprint density at radius 1 is 1.23 bits per heavy atom. The second kappa shape index (κ2) is 7.07. The normalized spacial score (nSPS) is 10.0. The predicted molar refractivity (Wildman–Crippen MR) is 79.0 cm³/mol. The molecule has 0 bridgehead atoms. The maximum absolute atomic E-state index is 11.9. The van der Waals surface area contributed by atoms with Gasteiger partial charge in [-0.3, -0.25) is 14.9 Å². The Morgan fingerprint density at radius 3 is 2.64 bits per heavy atom. The Morgan fingerprint density at radius 2 is 1.95 bits per heavy atom. The van der Waals surface area contributed by atoms with E-state index in [-0.39, 0.29) is 18.7 Å². The van der Waals surface area contributed by atoms with Crippen LogP contribution in [-0.2, 0) is 0 Å². The Bertz CT molecular complexity index is 673. The zero-order chi connectivity index (χ0) is 15.9. The Kier molecular flexibility index (Phi) is 4.92. The van der Waals surface area contributed by atoms with E-state index in [2.05, 4.69) is 5.32 Å². The lowest BCUT2D eigenvalue weighted by Crippen LogP contribution is -2.28. The van der Waals surface area contributed by atoms with Crippen LogP contribution in [0.1, 0.15) is 10.4 Å². The zero-order valence-electron chi connectivity index (χ0n) is 11.6. The first-order chi connectivity index (χ1) is 10.6. The lowest BCUT2D eigenvalue weighted by Gasteiger charge is -2.08. The van der Waals surface area contributed by atoms with Crippen LogP contribution < -0.4 is 10.1 Å². The zero-order valence-corrected chi connectivity index (χ0v) is 11.6. The third-order valence-corrected chi connectivity index (χ3v) is 2.83. The number of benzene rings is 2. The number of rotatable bonds is 6. The summed E-state index contributed by atoms with van der Waals surface area (Å²) in [6.07, 6.45) is 0. The maximum Gasteiger partial charge on any atom is 0.311 e. The molecule has 0 saturated heterocycles. The van der Waals surface area contributed by atoms with Gasteiger partial charge in [0.25, 0.3) is 5.91 Å². The number of phenols is 1. The van der Waals surface area contributed by atoms with E-state index < -0.39 is 22.3 Å². The van der Waals surface area contributed by atoms with Gasteiger partial charge in [-0.25, -0.2) is 0 Å². The molecule has 0 heterocycles. The molecule has 0 atom stereocenters. The van der Waals surface area contributed by atoms with Crippen molar-refractivity contribution in [2.24, 2.45) is 0 Å². The van der Waals surface area contributed by atoms with Crippen molar-refractivity contribution in [2.45, 2.75) is 0 Å². The molecule has 114 valence electrons. The quantitative estimate of drug-likeness (QED) is 0.483. The van der Waals surface area contributed by atoms with E-state index in [0.29, 0.717) is 5.75 Å². The fourth-order valence-corrected chi connectivity index (χ4v) is 1.76. The number of nitrogens with one attached hydrogen (secondary N) is 1. The standard InChI is InChI=1S/C15H14N2O5/c18-14-7-6-11(10-13(14)17(20)21)15(19)16-8-9-22-12-4-2-1-3-5-12/h1-7,10,18H,8-9H2,(H,16,19). The van der Waals surface area contributed by atoms with Crippen LogP contribution >= 0.6 is 0 Å². The number of nitro benzene ring substituents is 1. The molecule has 2 N–H and O–H groups in total. The molecule has 0 unspecified atom stereocenters. The van der Waals surface area contributed by atoms with E-state index in [1.807, 2.05) is 18.2 Å². The number of hydrogen-bond donors (Lipinski definition) is 2. The summed E-state index contributed by atoms with van der Waals surface area (Å²) < 4.78 is 5.41. The third-order valence-electron chi connectivity index (χ3n) is 2.83. The molecular formula is C15H14N2O5. The number of phenolic OH excluding ortho intramolecular Hbond substituents is 1. The van der Waals surface area contributed by atoms with Crippen LogP contribution in [-0.4, -0.2) is 29.1 Å². The van der Waals surface area contributed by atoms with Gasteiger partial charge in [-0.05, 0) is 24.3 Å². The fraction of sp³-hybridized carbons (Fsp3) is 0.133. The third kappa shape index (κ3) is 3.95. The van der Waals surface area contributed by atoms with Crippen molar-refractivity contribution < 1.29 is 19.6 Å². The molecule has 2 aromatic rings. The molecule has 0 fully saturated rings. The molecule has 0 aliphatic rings. The first-order valence-corrected chi connectivity index (χ1v) is 6.51. The van der Waals surface area contributed by atoms with E-state index in [9.17, 15) is 20.0 Å². The molecule has 7 nitrogen and oxygen atoms in total. The summed E-state index contributed by atoms with van der Waals surface area (Å²) in [4.78, 5) is 21.8. The SMILES string of the molecule is O=C(NCCOc1ccccc1)c1ccc(O)c([N+](=O)[O-])c1. The monoisotopic (exact) mass is 302 g/mol. The number of ether oxygens (including phenoxy) is 1. The van der Waals surface area contributed by atoms with Crippen LogP contribution in [0.5, 0.6) is 11.5 Å². The smallest absolute Gasteiger partial charge is 0.311 e. The topological polar surface area (TPSA) is 102 Å². The molecule has 2 rings (SSSR count). The number of nitro groups is 1. The van der Waals surface area contributed by atoms with E-state index in [1.54, 1.807) is 12.1 Å². The van der Waals surface area contributed by atoms with Crippen LogP contribution in [0.15, 0.2) is 48.5 Å². The van der Waals surface area contributed by atoms with E-state index in [1.165, 1.54) is 6.07 Å². The van der Waals surface area contributed by atoms with E-state index >= 15 is 0 Å². The number of carbonyl (C=O) groups excluding carboxylic acids is 1. The first-order valence-electron chi connectivity index (χ1n) is 6.51. The van der Waals surface area contributed by atoms with Gasteiger partial charge in [-0.1, -0.05) is 18.2 Å². The lowest BCUT2D eigenvalue weighted by atomic mass is 10.2. The minimum Gasteiger partial charge on any atom is -0.502 e. The fourth-order valence-electron chi connectivity index (χ4n) is 1.76. The molecular weight excluding hydrogens is 288 g/mol. The summed E-state index contributed by atoms with van der Waals surface area (Å²) in [6.45, 7) is 0.526. The molecule has 0 radical (unpaired) electrons. The summed E-state index contributed by atoms with van der Waals surface area (Å²) in [5.74, 6) is -0.259. The number of aromatic hydroxyl groups is 1. The van der Waals surface area contributed by atoms with Gasteiger partial charge in [0.2, 0.25) is 0 Å². The summed E-state index contributed by atoms with van der Waals surface area (Å²) in [5.41, 5.74) is -0.405. The average molecular weight is 302 g/mol.